The Labute approximate surface area is 70.1 Å². The number of likely N-dealkylation sites (tertiary alicyclic amines) is 1. The lowest BCUT2D eigenvalue weighted by atomic mass is 9.96. The average Bonchev–Trinajstić information content (AvgIpc) is 1.95. The van der Waals surface area contributed by atoms with Crippen LogP contribution >= 0.6 is 0 Å². The summed E-state index contributed by atoms with van der Waals surface area (Å²) < 4.78 is 0. The van der Waals surface area contributed by atoms with Crippen molar-refractivity contribution in [3.63, 3.8) is 0 Å². The van der Waals surface area contributed by atoms with Crippen LogP contribution < -0.4 is 0 Å². The molecule has 0 atom stereocenters. The summed E-state index contributed by atoms with van der Waals surface area (Å²) in [5.41, 5.74) is 0. The molecule has 0 aliphatic carbocycles. The van der Waals surface area contributed by atoms with Gasteiger partial charge in [-0.2, -0.15) is 0 Å². The molecule has 0 N–H and O–H groups in total. The highest BCUT2D eigenvalue weighted by atomic mass is 15.2. The normalized spacial score (nSPS) is 20.3. The van der Waals surface area contributed by atoms with Crippen molar-refractivity contribution >= 4 is 0 Å². The Bertz CT molecular complexity index is 121. The SMILES string of the molecule is C=CC1CN(C(CC)CC)C1. The van der Waals surface area contributed by atoms with Crippen LogP contribution in [-0.2, 0) is 0 Å². The molecular weight excluding hydrogens is 134 g/mol. The number of hydrogen-bond donors (Lipinski definition) is 0. The predicted molar refractivity (Wildman–Crippen MR) is 49.6 cm³/mol. The van der Waals surface area contributed by atoms with E-state index in [0.29, 0.717) is 0 Å². The van der Waals surface area contributed by atoms with E-state index in [0.717, 1.165) is 12.0 Å². The van der Waals surface area contributed by atoms with Gasteiger partial charge in [-0.1, -0.05) is 19.9 Å². The highest BCUT2D eigenvalue weighted by Gasteiger charge is 2.27. The topological polar surface area (TPSA) is 3.24 Å². The van der Waals surface area contributed by atoms with Crippen LogP contribution in [0.1, 0.15) is 26.7 Å². The second-order valence-electron chi connectivity index (χ2n) is 3.42. The quantitative estimate of drug-likeness (QED) is 0.560. The van der Waals surface area contributed by atoms with Gasteiger partial charge in [-0.25, -0.2) is 0 Å². The van der Waals surface area contributed by atoms with E-state index in [1.807, 2.05) is 0 Å². The monoisotopic (exact) mass is 153 g/mol. The minimum absolute atomic E-state index is 0.774. The van der Waals surface area contributed by atoms with E-state index in [1.165, 1.54) is 25.9 Å². The summed E-state index contributed by atoms with van der Waals surface area (Å²) in [5, 5.41) is 0. The molecule has 1 aliphatic heterocycles. The van der Waals surface area contributed by atoms with E-state index in [-0.39, 0.29) is 0 Å². The minimum atomic E-state index is 0.774. The Hall–Kier alpha value is -0.300. The Morgan fingerprint density at radius 1 is 1.45 bits per heavy atom. The minimum Gasteiger partial charge on any atom is -0.299 e. The molecule has 1 heterocycles. The lowest BCUT2D eigenvalue weighted by Crippen LogP contribution is -2.50. The van der Waals surface area contributed by atoms with Gasteiger partial charge in [-0.15, -0.1) is 6.58 Å². The van der Waals surface area contributed by atoms with Crippen LogP contribution in [0.5, 0.6) is 0 Å². The molecule has 1 rings (SSSR count). The third-order valence-electron chi connectivity index (χ3n) is 2.73. The first-order chi connectivity index (χ1) is 5.31. The van der Waals surface area contributed by atoms with Crippen molar-refractivity contribution in [2.75, 3.05) is 13.1 Å². The fourth-order valence-corrected chi connectivity index (χ4v) is 1.80. The second kappa shape index (κ2) is 3.91. The van der Waals surface area contributed by atoms with Crippen LogP contribution in [0.2, 0.25) is 0 Å². The highest BCUT2D eigenvalue weighted by molar-refractivity contribution is 4.93. The van der Waals surface area contributed by atoms with Crippen LogP contribution in [0.4, 0.5) is 0 Å². The summed E-state index contributed by atoms with van der Waals surface area (Å²) in [6.45, 7) is 10.8. The lowest BCUT2D eigenvalue weighted by Gasteiger charge is -2.42. The third-order valence-corrected chi connectivity index (χ3v) is 2.73. The van der Waals surface area contributed by atoms with Crippen LogP contribution in [0.3, 0.4) is 0 Å². The fourth-order valence-electron chi connectivity index (χ4n) is 1.80. The molecule has 11 heavy (non-hydrogen) atoms. The molecule has 0 unspecified atom stereocenters. The molecule has 0 saturated carbocycles. The Morgan fingerprint density at radius 3 is 2.36 bits per heavy atom. The largest absolute Gasteiger partial charge is 0.299 e. The van der Waals surface area contributed by atoms with Gasteiger partial charge < -0.3 is 0 Å². The van der Waals surface area contributed by atoms with Gasteiger partial charge in [0.1, 0.15) is 0 Å². The van der Waals surface area contributed by atoms with Crippen LogP contribution in [0.15, 0.2) is 12.7 Å². The molecule has 0 aromatic rings. The molecule has 0 bridgehead atoms. The van der Waals surface area contributed by atoms with E-state index < -0.39 is 0 Å². The molecule has 1 saturated heterocycles. The van der Waals surface area contributed by atoms with E-state index >= 15 is 0 Å². The molecule has 0 radical (unpaired) electrons. The Morgan fingerprint density at radius 2 is 2.00 bits per heavy atom. The van der Waals surface area contributed by atoms with Gasteiger partial charge >= 0.3 is 0 Å². The van der Waals surface area contributed by atoms with Crippen molar-refractivity contribution in [3.05, 3.63) is 12.7 Å². The molecule has 64 valence electrons. The Kier molecular flexibility index (Phi) is 3.13. The lowest BCUT2D eigenvalue weighted by molar-refractivity contribution is 0.0723. The maximum atomic E-state index is 3.80. The van der Waals surface area contributed by atoms with Crippen molar-refractivity contribution in [3.8, 4) is 0 Å². The zero-order valence-corrected chi connectivity index (χ0v) is 7.71. The molecular formula is C10H19N. The first kappa shape index (κ1) is 8.79. The van der Waals surface area contributed by atoms with E-state index in [1.54, 1.807) is 0 Å². The van der Waals surface area contributed by atoms with Gasteiger partial charge in [-0.3, -0.25) is 4.90 Å². The van der Waals surface area contributed by atoms with E-state index in [2.05, 4.69) is 31.4 Å². The maximum Gasteiger partial charge on any atom is 0.00905 e. The van der Waals surface area contributed by atoms with Crippen molar-refractivity contribution in [2.45, 2.75) is 32.7 Å². The van der Waals surface area contributed by atoms with Gasteiger partial charge in [-0.05, 0) is 12.8 Å². The first-order valence-electron chi connectivity index (χ1n) is 4.68. The summed E-state index contributed by atoms with van der Waals surface area (Å²) in [7, 11) is 0. The van der Waals surface area contributed by atoms with Gasteiger partial charge in [0.25, 0.3) is 0 Å². The summed E-state index contributed by atoms with van der Waals surface area (Å²) in [4.78, 5) is 2.56. The molecule has 1 fully saturated rings. The summed E-state index contributed by atoms with van der Waals surface area (Å²) in [5.74, 6) is 0.774. The smallest absolute Gasteiger partial charge is 0.00905 e. The highest BCUT2D eigenvalue weighted by Crippen LogP contribution is 2.22. The van der Waals surface area contributed by atoms with E-state index in [9.17, 15) is 0 Å². The number of nitrogens with zero attached hydrogens (tertiary/aromatic N) is 1. The van der Waals surface area contributed by atoms with Crippen molar-refractivity contribution in [1.82, 2.24) is 4.90 Å². The van der Waals surface area contributed by atoms with Crippen molar-refractivity contribution in [2.24, 2.45) is 5.92 Å². The molecule has 0 spiro atoms. The van der Waals surface area contributed by atoms with E-state index in [4.69, 9.17) is 0 Å². The predicted octanol–water partition coefficient (Wildman–Crippen LogP) is 2.29. The van der Waals surface area contributed by atoms with Gasteiger partial charge in [0.2, 0.25) is 0 Å². The van der Waals surface area contributed by atoms with Gasteiger partial charge in [0.15, 0.2) is 0 Å². The fraction of sp³-hybridized carbons (Fsp3) is 0.800. The molecule has 0 aromatic carbocycles. The maximum absolute atomic E-state index is 3.80. The summed E-state index contributed by atoms with van der Waals surface area (Å²) >= 11 is 0. The van der Waals surface area contributed by atoms with Crippen molar-refractivity contribution < 1.29 is 0 Å². The zero-order chi connectivity index (χ0) is 8.27. The molecule has 1 aliphatic rings. The molecule has 0 amide bonds. The van der Waals surface area contributed by atoms with Gasteiger partial charge in [0.05, 0.1) is 0 Å². The second-order valence-corrected chi connectivity index (χ2v) is 3.42. The standard InChI is InChI=1S/C10H19N/c1-4-9-7-11(8-9)10(5-2)6-3/h4,9-10H,1,5-8H2,2-3H3. The summed E-state index contributed by atoms with van der Waals surface area (Å²) in [6, 6.07) is 0.825. The van der Waals surface area contributed by atoms with Crippen LogP contribution in [-0.4, -0.2) is 24.0 Å². The molecule has 1 heteroatoms. The van der Waals surface area contributed by atoms with Crippen LogP contribution in [0.25, 0.3) is 0 Å². The summed E-state index contributed by atoms with van der Waals surface area (Å²) in [6.07, 6.45) is 4.67. The molecule has 1 nitrogen and oxygen atoms in total. The van der Waals surface area contributed by atoms with Gasteiger partial charge in [0, 0.05) is 25.0 Å². The number of rotatable bonds is 4. The third kappa shape index (κ3) is 1.84. The van der Waals surface area contributed by atoms with Crippen LogP contribution in [0, 0.1) is 5.92 Å². The number of hydrogen-bond acceptors (Lipinski definition) is 1. The first-order valence-corrected chi connectivity index (χ1v) is 4.68. The average molecular weight is 153 g/mol. The molecule has 0 aromatic heterocycles. The Balaban J connectivity index is 2.23. The zero-order valence-electron chi connectivity index (χ0n) is 7.71. The van der Waals surface area contributed by atoms with Crippen molar-refractivity contribution in [1.29, 1.82) is 0 Å².